The Labute approximate surface area is 125 Å². The van der Waals surface area contributed by atoms with Crippen molar-refractivity contribution in [3.05, 3.63) is 34.9 Å². The number of carbonyl (C=O) groups is 1. The van der Waals surface area contributed by atoms with Crippen molar-refractivity contribution in [2.75, 3.05) is 19.4 Å². The highest BCUT2D eigenvalue weighted by molar-refractivity contribution is 7.99. The van der Waals surface area contributed by atoms with E-state index in [4.69, 9.17) is 5.11 Å². The van der Waals surface area contributed by atoms with Crippen LogP contribution >= 0.6 is 11.8 Å². The zero-order chi connectivity index (χ0) is 15.2. The van der Waals surface area contributed by atoms with Crippen LogP contribution in [0.3, 0.4) is 0 Å². The van der Waals surface area contributed by atoms with Gasteiger partial charge in [0.05, 0.1) is 0 Å². The number of aliphatic hydroxyl groups excluding tert-OH is 1. The molecule has 0 atom stereocenters. The average Bonchev–Trinajstić information content (AvgIpc) is 2.43. The van der Waals surface area contributed by atoms with Gasteiger partial charge in [0.2, 0.25) is 0 Å². The van der Waals surface area contributed by atoms with Crippen LogP contribution in [0.25, 0.3) is 0 Å². The third-order valence-electron chi connectivity index (χ3n) is 3.02. The van der Waals surface area contributed by atoms with E-state index in [0.29, 0.717) is 12.1 Å². The summed E-state index contributed by atoms with van der Waals surface area (Å²) in [6.07, 6.45) is 2.03. The van der Waals surface area contributed by atoms with Gasteiger partial charge in [0.1, 0.15) is 6.61 Å². The molecule has 0 heterocycles. The molecular formula is C16H21NO2S. The zero-order valence-electron chi connectivity index (χ0n) is 12.4. The maximum absolute atomic E-state index is 12.1. The smallest absolute Gasteiger partial charge is 0.251 e. The van der Waals surface area contributed by atoms with E-state index in [1.165, 1.54) is 0 Å². The summed E-state index contributed by atoms with van der Waals surface area (Å²) in [6, 6.07) is 5.39. The quantitative estimate of drug-likeness (QED) is 0.836. The van der Waals surface area contributed by atoms with Gasteiger partial charge in [0.25, 0.3) is 5.91 Å². The maximum atomic E-state index is 12.1. The van der Waals surface area contributed by atoms with Gasteiger partial charge in [-0.3, -0.25) is 4.79 Å². The number of nitrogens with one attached hydrogen (secondary N) is 1. The lowest BCUT2D eigenvalue weighted by Crippen LogP contribution is -2.36. The van der Waals surface area contributed by atoms with E-state index in [0.717, 1.165) is 11.1 Å². The van der Waals surface area contributed by atoms with E-state index in [9.17, 15) is 4.79 Å². The largest absolute Gasteiger partial charge is 0.384 e. The van der Waals surface area contributed by atoms with Crippen LogP contribution in [0.2, 0.25) is 0 Å². The fourth-order valence-electron chi connectivity index (χ4n) is 1.55. The molecule has 0 spiro atoms. The molecule has 0 unspecified atom stereocenters. The van der Waals surface area contributed by atoms with Gasteiger partial charge in [-0.05, 0) is 50.8 Å². The minimum absolute atomic E-state index is 0.0250. The van der Waals surface area contributed by atoms with Crippen molar-refractivity contribution in [1.29, 1.82) is 0 Å². The minimum Gasteiger partial charge on any atom is -0.384 e. The summed E-state index contributed by atoms with van der Waals surface area (Å²) >= 11 is 1.72. The van der Waals surface area contributed by atoms with Crippen LogP contribution < -0.4 is 5.32 Å². The molecule has 0 radical (unpaired) electrons. The Morgan fingerprint density at radius 3 is 2.70 bits per heavy atom. The molecule has 1 rings (SSSR count). The summed E-state index contributed by atoms with van der Waals surface area (Å²) < 4.78 is 0.0250. The van der Waals surface area contributed by atoms with Crippen LogP contribution in [0, 0.1) is 18.8 Å². The molecule has 0 aliphatic carbocycles. The minimum atomic E-state index is -0.161. The predicted octanol–water partition coefficient (Wildman–Crippen LogP) is 2.21. The lowest BCUT2D eigenvalue weighted by atomic mass is 10.0. The van der Waals surface area contributed by atoms with Crippen molar-refractivity contribution in [2.24, 2.45) is 0 Å². The van der Waals surface area contributed by atoms with E-state index in [1.54, 1.807) is 17.8 Å². The number of amides is 1. The molecule has 0 bridgehead atoms. The van der Waals surface area contributed by atoms with E-state index in [-0.39, 0.29) is 17.3 Å². The lowest BCUT2D eigenvalue weighted by molar-refractivity contribution is 0.0950. The third-order valence-corrected chi connectivity index (χ3v) is 4.27. The van der Waals surface area contributed by atoms with Crippen molar-refractivity contribution in [3.8, 4) is 11.8 Å². The second-order valence-electron chi connectivity index (χ2n) is 5.14. The SMILES string of the molecule is CSC(C)(C)CNC(=O)c1ccc(C#CCO)c(C)c1. The number of aryl methyl sites for hydroxylation is 1. The van der Waals surface area contributed by atoms with E-state index < -0.39 is 0 Å². The highest BCUT2D eigenvalue weighted by Gasteiger charge is 2.17. The predicted molar refractivity (Wildman–Crippen MR) is 85.1 cm³/mol. The second-order valence-corrected chi connectivity index (χ2v) is 6.65. The van der Waals surface area contributed by atoms with Crippen LogP contribution in [0.4, 0.5) is 0 Å². The molecule has 1 aromatic carbocycles. The molecule has 0 saturated heterocycles. The Kier molecular flexibility index (Phi) is 6.12. The van der Waals surface area contributed by atoms with Gasteiger partial charge in [-0.15, -0.1) is 0 Å². The average molecular weight is 291 g/mol. The number of hydrogen-bond acceptors (Lipinski definition) is 3. The lowest BCUT2D eigenvalue weighted by Gasteiger charge is -2.22. The number of aliphatic hydroxyl groups is 1. The van der Waals surface area contributed by atoms with Crippen LogP contribution in [-0.4, -0.2) is 35.2 Å². The summed E-state index contributed by atoms with van der Waals surface area (Å²) in [7, 11) is 0. The normalized spacial score (nSPS) is 10.7. The van der Waals surface area contributed by atoms with Crippen LogP contribution in [0.5, 0.6) is 0 Å². The summed E-state index contributed by atoms with van der Waals surface area (Å²) in [5.74, 6) is 5.40. The standard InChI is InChI=1S/C16H21NO2S/c1-12-10-14(8-7-13(12)6-5-9-18)15(19)17-11-16(2,3)20-4/h7-8,10,18H,9,11H2,1-4H3,(H,17,19). The topological polar surface area (TPSA) is 49.3 Å². The van der Waals surface area contributed by atoms with Crippen LogP contribution in [0.15, 0.2) is 18.2 Å². The Balaban J connectivity index is 2.78. The molecule has 0 saturated carbocycles. The monoisotopic (exact) mass is 291 g/mol. The van der Waals surface area contributed by atoms with Gasteiger partial charge in [0, 0.05) is 22.4 Å². The van der Waals surface area contributed by atoms with Gasteiger partial charge >= 0.3 is 0 Å². The molecule has 0 aliphatic heterocycles. The number of rotatable bonds is 4. The van der Waals surface area contributed by atoms with E-state index in [1.807, 2.05) is 25.3 Å². The maximum Gasteiger partial charge on any atom is 0.251 e. The Morgan fingerprint density at radius 2 is 2.15 bits per heavy atom. The first kappa shape index (κ1) is 16.6. The molecular weight excluding hydrogens is 270 g/mol. The Hall–Kier alpha value is -1.44. The molecule has 108 valence electrons. The second kappa shape index (κ2) is 7.37. The summed E-state index contributed by atoms with van der Waals surface area (Å²) in [5, 5.41) is 11.6. The molecule has 0 aromatic heterocycles. The molecule has 3 nitrogen and oxygen atoms in total. The number of benzene rings is 1. The zero-order valence-corrected chi connectivity index (χ0v) is 13.2. The van der Waals surface area contributed by atoms with Crippen LogP contribution in [-0.2, 0) is 0 Å². The van der Waals surface area contributed by atoms with Gasteiger partial charge in [0.15, 0.2) is 0 Å². The van der Waals surface area contributed by atoms with Crippen molar-refractivity contribution >= 4 is 17.7 Å². The molecule has 0 aliphatic rings. The molecule has 4 heteroatoms. The van der Waals surface area contributed by atoms with Crippen molar-refractivity contribution < 1.29 is 9.90 Å². The first-order valence-corrected chi connectivity index (χ1v) is 7.66. The fourth-order valence-corrected chi connectivity index (χ4v) is 1.76. The molecule has 1 amide bonds. The summed E-state index contributed by atoms with van der Waals surface area (Å²) in [6.45, 7) is 6.56. The first-order valence-electron chi connectivity index (χ1n) is 6.43. The number of carbonyl (C=O) groups excluding carboxylic acids is 1. The van der Waals surface area contributed by atoms with Gasteiger partial charge in [-0.2, -0.15) is 11.8 Å². The Morgan fingerprint density at radius 1 is 1.45 bits per heavy atom. The molecule has 0 fully saturated rings. The third kappa shape index (κ3) is 4.92. The molecule has 2 N–H and O–H groups in total. The number of hydrogen-bond donors (Lipinski definition) is 2. The summed E-state index contributed by atoms with van der Waals surface area (Å²) in [4.78, 5) is 12.1. The highest BCUT2D eigenvalue weighted by Crippen LogP contribution is 2.19. The summed E-state index contributed by atoms with van der Waals surface area (Å²) in [5.41, 5.74) is 2.40. The van der Waals surface area contributed by atoms with Gasteiger partial charge in [-0.1, -0.05) is 11.8 Å². The van der Waals surface area contributed by atoms with Crippen LogP contribution in [0.1, 0.15) is 35.3 Å². The van der Waals surface area contributed by atoms with E-state index in [2.05, 4.69) is 31.0 Å². The van der Waals surface area contributed by atoms with Gasteiger partial charge < -0.3 is 10.4 Å². The molecule has 20 heavy (non-hydrogen) atoms. The van der Waals surface area contributed by atoms with Crippen molar-refractivity contribution in [3.63, 3.8) is 0 Å². The molecule has 1 aromatic rings. The van der Waals surface area contributed by atoms with Crippen molar-refractivity contribution in [2.45, 2.75) is 25.5 Å². The highest BCUT2D eigenvalue weighted by atomic mass is 32.2. The Bertz CT molecular complexity index is 541. The fraction of sp³-hybridized carbons (Fsp3) is 0.438. The van der Waals surface area contributed by atoms with E-state index >= 15 is 0 Å². The number of thioether (sulfide) groups is 1. The first-order chi connectivity index (χ1) is 9.39. The van der Waals surface area contributed by atoms with Gasteiger partial charge in [-0.25, -0.2) is 0 Å². The van der Waals surface area contributed by atoms with Crippen molar-refractivity contribution in [1.82, 2.24) is 5.32 Å².